The molecule has 0 aliphatic heterocycles. The molecule has 0 radical (unpaired) electrons. The van der Waals surface area contributed by atoms with E-state index in [1.165, 1.54) is 11.0 Å². The minimum absolute atomic E-state index is 0.154. The Morgan fingerprint density at radius 3 is 2.52 bits per heavy atom. The molecular weight excluding hydrogens is 435 g/mol. The van der Waals surface area contributed by atoms with E-state index >= 15 is 0 Å². The van der Waals surface area contributed by atoms with Gasteiger partial charge in [0.2, 0.25) is 5.95 Å². The Kier molecular flexibility index (Phi) is 5.53. The van der Waals surface area contributed by atoms with Crippen molar-refractivity contribution in [2.45, 2.75) is 6.54 Å². The van der Waals surface area contributed by atoms with E-state index in [2.05, 4.69) is 25.6 Å². The molecule has 2 N–H and O–H groups in total. The van der Waals surface area contributed by atoms with Gasteiger partial charge in [0.15, 0.2) is 0 Å². The number of aromatic amines is 1. The maximum Gasteiger partial charge on any atom is 0.276 e. The highest BCUT2D eigenvalue weighted by Gasteiger charge is 2.14. The average molecular weight is 448 g/mol. The smallest absolute Gasteiger partial charge is 0.276 e. The van der Waals surface area contributed by atoms with Gasteiger partial charge in [0.05, 0.1) is 12.2 Å². The number of aromatic nitrogens is 5. The molecule has 0 aliphatic rings. The van der Waals surface area contributed by atoms with Crippen molar-refractivity contribution < 1.29 is 4.79 Å². The highest BCUT2D eigenvalue weighted by molar-refractivity contribution is 6.36. The fraction of sp³-hybridized carbons (Fsp3) is 0.0526. The van der Waals surface area contributed by atoms with Gasteiger partial charge in [-0.25, -0.2) is 9.67 Å². The number of hydrogen-bond acceptors (Lipinski definition) is 4. The summed E-state index contributed by atoms with van der Waals surface area (Å²) in [6.45, 7) is 0.326. The third-order valence-electron chi connectivity index (χ3n) is 4.11. The van der Waals surface area contributed by atoms with Crippen molar-refractivity contribution in [3.8, 4) is 11.3 Å². The molecule has 2 heterocycles. The Morgan fingerprint density at radius 1 is 1.07 bits per heavy atom. The van der Waals surface area contributed by atoms with E-state index in [0.717, 1.165) is 11.1 Å². The normalized spacial score (nSPS) is 10.9. The van der Waals surface area contributed by atoms with E-state index in [1.54, 1.807) is 36.4 Å². The van der Waals surface area contributed by atoms with Crippen LogP contribution >= 0.6 is 34.8 Å². The molecule has 10 heteroatoms. The van der Waals surface area contributed by atoms with Crippen molar-refractivity contribution in [1.29, 1.82) is 0 Å². The van der Waals surface area contributed by atoms with Crippen molar-refractivity contribution in [3.05, 3.63) is 81.2 Å². The molecule has 146 valence electrons. The molecule has 0 aliphatic carbocycles. The van der Waals surface area contributed by atoms with Crippen LogP contribution in [0.4, 0.5) is 5.95 Å². The number of benzene rings is 2. The van der Waals surface area contributed by atoms with Crippen LogP contribution in [0, 0.1) is 0 Å². The van der Waals surface area contributed by atoms with Crippen LogP contribution in [-0.4, -0.2) is 30.9 Å². The van der Waals surface area contributed by atoms with Gasteiger partial charge in [-0.3, -0.25) is 15.2 Å². The second kappa shape index (κ2) is 8.24. The zero-order valence-corrected chi connectivity index (χ0v) is 17.0. The van der Waals surface area contributed by atoms with Crippen molar-refractivity contribution in [1.82, 2.24) is 25.0 Å². The summed E-state index contributed by atoms with van der Waals surface area (Å²) in [6, 6.07) is 14.1. The molecular formula is C19H13Cl3N6O. The SMILES string of the molecule is O=C(Nc1ncn(Cc2c(Cl)cccc2Cl)n1)c1cc(-c2ccc(Cl)cc2)n[nH]1. The molecule has 4 aromatic rings. The molecule has 0 saturated heterocycles. The lowest BCUT2D eigenvalue weighted by atomic mass is 10.1. The fourth-order valence-corrected chi connectivity index (χ4v) is 3.29. The number of H-pyrrole nitrogens is 1. The van der Waals surface area contributed by atoms with Crippen LogP contribution in [0.3, 0.4) is 0 Å². The number of halogens is 3. The molecule has 2 aromatic heterocycles. The average Bonchev–Trinajstić information content (AvgIpc) is 3.35. The van der Waals surface area contributed by atoms with Crippen LogP contribution < -0.4 is 5.32 Å². The molecule has 1 amide bonds. The fourth-order valence-electron chi connectivity index (χ4n) is 2.65. The zero-order chi connectivity index (χ0) is 20.4. The first-order valence-electron chi connectivity index (χ1n) is 8.44. The van der Waals surface area contributed by atoms with E-state index in [-0.39, 0.29) is 11.6 Å². The van der Waals surface area contributed by atoms with Gasteiger partial charge < -0.3 is 0 Å². The third kappa shape index (κ3) is 4.42. The lowest BCUT2D eigenvalue weighted by molar-refractivity contribution is 0.102. The molecule has 0 fully saturated rings. The van der Waals surface area contributed by atoms with E-state index in [4.69, 9.17) is 34.8 Å². The number of amides is 1. The zero-order valence-electron chi connectivity index (χ0n) is 14.7. The molecule has 0 atom stereocenters. The maximum atomic E-state index is 12.5. The molecule has 4 rings (SSSR count). The predicted octanol–water partition coefficient (Wildman–Crippen LogP) is 4.93. The Balaban J connectivity index is 1.45. The predicted molar refractivity (Wildman–Crippen MR) is 113 cm³/mol. The minimum Gasteiger partial charge on any atom is -0.288 e. The van der Waals surface area contributed by atoms with Gasteiger partial charge in [0, 0.05) is 26.2 Å². The van der Waals surface area contributed by atoms with Crippen LogP contribution in [-0.2, 0) is 6.54 Å². The van der Waals surface area contributed by atoms with E-state index < -0.39 is 5.91 Å². The lowest BCUT2D eigenvalue weighted by Gasteiger charge is -2.06. The number of hydrogen-bond donors (Lipinski definition) is 2. The van der Waals surface area contributed by atoms with Gasteiger partial charge in [0.25, 0.3) is 5.91 Å². The number of carbonyl (C=O) groups excluding carboxylic acids is 1. The summed E-state index contributed by atoms with van der Waals surface area (Å²) in [5.74, 6) is -0.257. The van der Waals surface area contributed by atoms with Crippen LogP contribution in [0.5, 0.6) is 0 Å². The van der Waals surface area contributed by atoms with Crippen LogP contribution in [0.1, 0.15) is 16.1 Å². The van der Waals surface area contributed by atoms with Crippen molar-refractivity contribution in [3.63, 3.8) is 0 Å². The van der Waals surface area contributed by atoms with Crippen LogP contribution in [0.25, 0.3) is 11.3 Å². The third-order valence-corrected chi connectivity index (χ3v) is 5.07. The van der Waals surface area contributed by atoms with E-state index in [0.29, 0.717) is 27.3 Å². The van der Waals surface area contributed by atoms with Gasteiger partial charge in [-0.1, -0.05) is 53.0 Å². The Morgan fingerprint density at radius 2 is 1.79 bits per heavy atom. The Bertz CT molecular complexity index is 1150. The van der Waals surface area contributed by atoms with E-state index in [9.17, 15) is 4.79 Å². The van der Waals surface area contributed by atoms with Gasteiger partial charge >= 0.3 is 0 Å². The van der Waals surface area contributed by atoms with Crippen molar-refractivity contribution in [2.24, 2.45) is 0 Å². The molecule has 2 aromatic carbocycles. The van der Waals surface area contributed by atoms with Crippen LogP contribution in [0.2, 0.25) is 15.1 Å². The summed E-state index contributed by atoms with van der Waals surface area (Å²) in [7, 11) is 0. The number of rotatable bonds is 5. The monoisotopic (exact) mass is 446 g/mol. The standard InChI is InChI=1S/C19H13Cl3N6O/c20-12-6-4-11(5-7-12)16-8-17(26-25-16)18(29)24-19-23-10-28(27-19)9-13-14(21)2-1-3-15(13)22/h1-8,10H,9H2,(H,25,26)(H,24,27,29). The summed E-state index contributed by atoms with van der Waals surface area (Å²) in [5, 5.41) is 15.4. The number of nitrogens with zero attached hydrogens (tertiary/aromatic N) is 4. The number of carbonyl (C=O) groups is 1. The summed E-state index contributed by atoms with van der Waals surface area (Å²) in [4.78, 5) is 16.6. The molecule has 0 bridgehead atoms. The first kappa shape index (κ1) is 19.4. The van der Waals surface area contributed by atoms with E-state index in [1.807, 2.05) is 12.1 Å². The van der Waals surface area contributed by atoms with Crippen LogP contribution in [0.15, 0.2) is 54.9 Å². The first-order chi connectivity index (χ1) is 14.0. The highest BCUT2D eigenvalue weighted by atomic mass is 35.5. The van der Waals surface area contributed by atoms with Crippen molar-refractivity contribution in [2.75, 3.05) is 5.32 Å². The van der Waals surface area contributed by atoms with Crippen molar-refractivity contribution >= 4 is 46.7 Å². The quantitative estimate of drug-likeness (QED) is 0.454. The summed E-state index contributed by atoms with van der Waals surface area (Å²) in [5.41, 5.74) is 2.46. The van der Waals surface area contributed by atoms with Gasteiger partial charge in [-0.2, -0.15) is 5.10 Å². The largest absolute Gasteiger partial charge is 0.288 e. The van der Waals surface area contributed by atoms with Gasteiger partial charge in [-0.15, -0.1) is 5.10 Å². The molecule has 0 saturated carbocycles. The summed E-state index contributed by atoms with van der Waals surface area (Å²) >= 11 is 18.2. The van der Waals surface area contributed by atoms with Gasteiger partial charge in [-0.05, 0) is 30.3 Å². The topological polar surface area (TPSA) is 88.5 Å². The number of nitrogens with one attached hydrogen (secondary N) is 2. The molecule has 0 unspecified atom stereocenters. The second-order valence-electron chi connectivity index (χ2n) is 6.09. The maximum absolute atomic E-state index is 12.5. The molecule has 29 heavy (non-hydrogen) atoms. The second-order valence-corrected chi connectivity index (χ2v) is 7.34. The highest BCUT2D eigenvalue weighted by Crippen LogP contribution is 2.25. The summed E-state index contributed by atoms with van der Waals surface area (Å²) < 4.78 is 1.54. The Hall–Kier alpha value is -2.87. The molecule has 0 spiro atoms. The minimum atomic E-state index is -0.411. The molecule has 7 nitrogen and oxygen atoms in total. The lowest BCUT2D eigenvalue weighted by Crippen LogP contribution is -2.14. The first-order valence-corrected chi connectivity index (χ1v) is 9.58. The Labute approximate surface area is 180 Å². The summed E-state index contributed by atoms with van der Waals surface area (Å²) in [6.07, 6.45) is 1.49. The number of anilines is 1. The van der Waals surface area contributed by atoms with Gasteiger partial charge in [0.1, 0.15) is 12.0 Å².